The smallest absolute Gasteiger partial charge is 0.296 e. The van der Waals surface area contributed by atoms with Crippen molar-refractivity contribution in [1.29, 1.82) is 0 Å². The summed E-state index contributed by atoms with van der Waals surface area (Å²) in [5.74, 6) is 1.13. The molecule has 0 aliphatic heterocycles. The van der Waals surface area contributed by atoms with Crippen LogP contribution in [0.4, 0.5) is 0 Å². The SMILES string of the molecule is O=c1[nH]c(-c2ccccc2)nc(SCc2ccccc2Cl)c1[P+](c1ccccc1)(c1ccccc1)c1ccccc1. The van der Waals surface area contributed by atoms with Gasteiger partial charge in [0.2, 0.25) is 5.30 Å². The van der Waals surface area contributed by atoms with Crippen molar-refractivity contribution >= 4 is 51.8 Å². The van der Waals surface area contributed by atoms with Crippen LogP contribution < -0.4 is 26.8 Å². The third kappa shape index (κ3) is 5.39. The lowest BCUT2D eigenvalue weighted by molar-refractivity contribution is 1.05. The van der Waals surface area contributed by atoms with Crippen LogP contribution in [-0.4, -0.2) is 9.97 Å². The highest BCUT2D eigenvalue weighted by Crippen LogP contribution is 2.55. The topological polar surface area (TPSA) is 45.8 Å². The van der Waals surface area contributed by atoms with Crippen molar-refractivity contribution in [2.45, 2.75) is 10.8 Å². The van der Waals surface area contributed by atoms with Gasteiger partial charge in [0.05, 0.1) is 0 Å². The molecule has 6 heteroatoms. The highest BCUT2D eigenvalue weighted by Gasteiger charge is 2.52. The van der Waals surface area contributed by atoms with Crippen LogP contribution in [-0.2, 0) is 5.75 Å². The zero-order valence-corrected chi connectivity index (χ0v) is 24.6. The highest BCUT2D eigenvalue weighted by atomic mass is 35.5. The minimum Gasteiger partial charge on any atom is -0.303 e. The molecule has 0 atom stereocenters. The minimum atomic E-state index is -2.69. The zero-order valence-electron chi connectivity index (χ0n) is 22.2. The number of benzene rings is 5. The molecule has 3 nitrogen and oxygen atoms in total. The average molecular weight is 590 g/mol. The molecule has 1 N–H and O–H groups in total. The van der Waals surface area contributed by atoms with Crippen molar-refractivity contribution in [1.82, 2.24) is 9.97 Å². The van der Waals surface area contributed by atoms with Gasteiger partial charge in [-0.05, 0) is 48.0 Å². The summed E-state index contributed by atoms with van der Waals surface area (Å²) in [7, 11) is -2.69. The first-order chi connectivity index (χ1) is 20.2. The van der Waals surface area contributed by atoms with Crippen LogP contribution in [0.3, 0.4) is 0 Å². The van der Waals surface area contributed by atoms with Gasteiger partial charge < -0.3 is 4.98 Å². The summed E-state index contributed by atoms with van der Waals surface area (Å²) in [5, 5.41) is 5.38. The second-order valence-electron chi connectivity index (χ2n) is 9.49. The maximum Gasteiger partial charge on any atom is 0.296 e. The number of hydrogen-bond donors (Lipinski definition) is 1. The van der Waals surface area contributed by atoms with Crippen LogP contribution in [0.25, 0.3) is 11.4 Å². The fourth-order valence-corrected chi connectivity index (χ4v) is 11.2. The Bertz CT molecular complexity index is 1720. The Morgan fingerprint density at radius 1 is 0.634 bits per heavy atom. The number of nitrogens with one attached hydrogen (secondary N) is 1. The Morgan fingerprint density at radius 2 is 1.10 bits per heavy atom. The molecular formula is C35H27ClN2OPS+. The zero-order chi connectivity index (χ0) is 28.1. The van der Waals surface area contributed by atoms with Gasteiger partial charge in [0.1, 0.15) is 26.8 Å². The third-order valence-corrected chi connectivity index (χ3v) is 12.8. The summed E-state index contributed by atoms with van der Waals surface area (Å²) in [6.07, 6.45) is 0. The van der Waals surface area contributed by atoms with Crippen molar-refractivity contribution in [3.63, 3.8) is 0 Å². The Labute approximate surface area is 249 Å². The summed E-state index contributed by atoms with van der Waals surface area (Å²) in [6.45, 7) is 0. The standard InChI is InChI=1S/C35H26ClN2OPS/c36-31-24-14-13-17-27(31)25-41-35-32(34(39)37-33(38-35)26-15-5-1-6-16-26)40(28-18-7-2-8-19-28,29-20-9-3-10-21-29)30-22-11-4-12-23-30/h1-24H,25H2/p+1. The molecule has 41 heavy (non-hydrogen) atoms. The maximum absolute atomic E-state index is 14.6. The first-order valence-electron chi connectivity index (χ1n) is 13.3. The largest absolute Gasteiger partial charge is 0.303 e. The lowest BCUT2D eigenvalue weighted by Gasteiger charge is -2.28. The fraction of sp³-hybridized carbons (Fsp3) is 0.0286. The summed E-state index contributed by atoms with van der Waals surface area (Å²) < 4.78 is 0. The molecule has 1 heterocycles. The fourth-order valence-electron chi connectivity index (χ4n) is 5.13. The highest BCUT2D eigenvalue weighted by molar-refractivity contribution is 8.04. The van der Waals surface area contributed by atoms with E-state index in [4.69, 9.17) is 16.6 Å². The van der Waals surface area contributed by atoms with Crippen LogP contribution in [0.15, 0.2) is 155 Å². The van der Waals surface area contributed by atoms with Gasteiger partial charge in [0.25, 0.3) is 5.56 Å². The Balaban J connectivity index is 1.68. The van der Waals surface area contributed by atoms with Gasteiger partial charge in [-0.2, -0.15) is 0 Å². The van der Waals surface area contributed by atoms with Gasteiger partial charge in [-0.25, -0.2) is 4.98 Å². The maximum atomic E-state index is 14.6. The summed E-state index contributed by atoms with van der Waals surface area (Å²) >= 11 is 8.13. The Hall–Kier alpha value is -3.95. The molecule has 6 aromatic rings. The molecule has 0 saturated heterocycles. The van der Waals surface area contributed by atoms with Gasteiger partial charge in [-0.1, -0.05) is 126 Å². The van der Waals surface area contributed by atoms with E-state index < -0.39 is 7.26 Å². The van der Waals surface area contributed by atoms with Gasteiger partial charge >= 0.3 is 0 Å². The van der Waals surface area contributed by atoms with Crippen LogP contribution in [0.1, 0.15) is 5.56 Å². The van der Waals surface area contributed by atoms with Gasteiger partial charge in [-0.3, -0.25) is 4.79 Å². The predicted octanol–water partition coefficient (Wildman–Crippen LogP) is 7.00. The number of aromatic amines is 1. The second-order valence-corrected chi connectivity index (χ2v) is 14.2. The molecular weight excluding hydrogens is 563 g/mol. The lowest BCUT2D eigenvalue weighted by atomic mass is 10.2. The van der Waals surface area contributed by atoms with E-state index in [1.54, 1.807) is 11.8 Å². The summed E-state index contributed by atoms with van der Waals surface area (Å²) in [4.78, 5) is 22.9. The number of thioether (sulfide) groups is 1. The third-order valence-electron chi connectivity index (χ3n) is 7.00. The molecule has 0 amide bonds. The second kappa shape index (κ2) is 12.3. The average Bonchev–Trinajstić information content (AvgIpc) is 3.04. The summed E-state index contributed by atoms with van der Waals surface area (Å²) in [6, 6.07) is 48.8. The molecule has 6 rings (SSSR count). The number of aromatic nitrogens is 2. The van der Waals surface area contributed by atoms with Crippen molar-refractivity contribution in [3.8, 4) is 11.4 Å². The van der Waals surface area contributed by atoms with Gasteiger partial charge in [-0.15, -0.1) is 0 Å². The van der Waals surface area contributed by atoms with Crippen molar-refractivity contribution in [2.75, 3.05) is 0 Å². The van der Waals surface area contributed by atoms with Crippen LogP contribution >= 0.6 is 30.6 Å². The van der Waals surface area contributed by atoms with Crippen LogP contribution in [0.2, 0.25) is 5.02 Å². The molecule has 0 radical (unpaired) electrons. The van der Waals surface area contributed by atoms with E-state index >= 15 is 0 Å². The number of hydrogen-bond acceptors (Lipinski definition) is 3. The van der Waals surface area contributed by atoms with Gasteiger partial charge in [0.15, 0.2) is 7.26 Å². The molecule has 200 valence electrons. The molecule has 5 aromatic carbocycles. The number of nitrogens with zero attached hydrogens (tertiary/aromatic N) is 1. The molecule has 1 aromatic heterocycles. The van der Waals surface area contributed by atoms with E-state index in [0.717, 1.165) is 27.0 Å². The Kier molecular flexibility index (Phi) is 8.16. The Morgan fingerprint density at radius 3 is 1.61 bits per heavy atom. The van der Waals surface area contributed by atoms with E-state index in [0.29, 0.717) is 26.9 Å². The molecule has 0 spiro atoms. The van der Waals surface area contributed by atoms with E-state index in [1.165, 1.54) is 0 Å². The minimum absolute atomic E-state index is 0.134. The van der Waals surface area contributed by atoms with Crippen molar-refractivity contribution in [2.24, 2.45) is 0 Å². The van der Waals surface area contributed by atoms with Gasteiger partial charge in [0, 0.05) is 16.3 Å². The monoisotopic (exact) mass is 589 g/mol. The van der Waals surface area contributed by atoms with Crippen molar-refractivity contribution in [3.05, 3.63) is 167 Å². The quantitative estimate of drug-likeness (QED) is 0.118. The summed E-state index contributed by atoms with van der Waals surface area (Å²) in [5.41, 5.74) is 1.72. The molecule has 0 unspecified atom stereocenters. The molecule has 0 bridgehead atoms. The van der Waals surface area contributed by atoms with E-state index in [9.17, 15) is 4.79 Å². The van der Waals surface area contributed by atoms with Crippen LogP contribution in [0, 0.1) is 0 Å². The first-order valence-corrected chi connectivity index (χ1v) is 16.5. The molecule has 0 fully saturated rings. The van der Waals surface area contributed by atoms with Crippen LogP contribution in [0.5, 0.6) is 0 Å². The molecule has 0 aliphatic rings. The van der Waals surface area contributed by atoms with E-state index in [-0.39, 0.29) is 5.56 Å². The number of halogens is 1. The molecule has 0 aliphatic carbocycles. The number of rotatable bonds is 8. The lowest BCUT2D eigenvalue weighted by Crippen LogP contribution is -2.46. The molecule has 0 saturated carbocycles. The normalized spacial score (nSPS) is 11.3. The number of H-pyrrole nitrogens is 1. The first kappa shape index (κ1) is 27.2. The van der Waals surface area contributed by atoms with Crippen molar-refractivity contribution < 1.29 is 0 Å². The van der Waals surface area contributed by atoms with E-state index in [1.807, 2.05) is 109 Å². The van der Waals surface area contributed by atoms with E-state index in [2.05, 4.69) is 41.4 Å². The predicted molar refractivity (Wildman–Crippen MR) is 176 cm³/mol.